The number of pyridine rings is 1. The van der Waals surface area contributed by atoms with Crippen LogP contribution in [-0.4, -0.2) is 22.9 Å². The van der Waals surface area contributed by atoms with Gasteiger partial charge in [-0.3, -0.25) is 14.9 Å². The molecule has 108 valence electrons. The molecule has 0 aliphatic rings. The number of benzene rings is 1. The van der Waals surface area contributed by atoms with Crippen molar-refractivity contribution in [2.45, 2.75) is 0 Å². The summed E-state index contributed by atoms with van der Waals surface area (Å²) in [5.41, 5.74) is -0.390. The van der Waals surface area contributed by atoms with Gasteiger partial charge in [0.2, 0.25) is 0 Å². The van der Waals surface area contributed by atoms with E-state index in [0.717, 1.165) is 12.3 Å². The average molecular weight is 290 g/mol. The maximum absolute atomic E-state index is 13.5. The number of halogens is 1. The van der Waals surface area contributed by atoms with Gasteiger partial charge in [0.1, 0.15) is 17.8 Å². The molecule has 0 saturated heterocycles. The molecule has 0 aliphatic heterocycles. The fourth-order valence-electron chi connectivity index (χ4n) is 1.68. The molecule has 0 fully saturated rings. The molecule has 7 nitrogen and oxygen atoms in total. The highest BCUT2D eigenvalue weighted by atomic mass is 19.1. The molecular formula is C13H11FN4O3. The van der Waals surface area contributed by atoms with Crippen molar-refractivity contribution in [2.75, 3.05) is 17.7 Å². The maximum Gasteiger partial charge on any atom is 0.288 e. The van der Waals surface area contributed by atoms with Gasteiger partial charge in [-0.25, -0.2) is 9.37 Å². The summed E-state index contributed by atoms with van der Waals surface area (Å²) in [7, 11) is 1.52. The van der Waals surface area contributed by atoms with Crippen molar-refractivity contribution in [3.05, 3.63) is 58.0 Å². The van der Waals surface area contributed by atoms with Gasteiger partial charge in [-0.1, -0.05) is 12.1 Å². The van der Waals surface area contributed by atoms with E-state index < -0.39 is 16.6 Å². The molecular weight excluding hydrogens is 279 g/mol. The Balaban J connectivity index is 2.36. The average Bonchev–Trinajstić information content (AvgIpc) is 2.48. The number of hydrogen-bond donors (Lipinski definition) is 2. The minimum Gasteiger partial charge on any atom is -0.372 e. The third-order valence-corrected chi connectivity index (χ3v) is 2.69. The second-order valence-electron chi connectivity index (χ2n) is 4.03. The molecule has 0 aliphatic carbocycles. The molecule has 2 aromatic rings. The van der Waals surface area contributed by atoms with Crippen LogP contribution >= 0.6 is 0 Å². The molecule has 21 heavy (non-hydrogen) atoms. The van der Waals surface area contributed by atoms with E-state index in [-0.39, 0.29) is 22.8 Å². The number of hydrogen-bond acceptors (Lipinski definition) is 5. The van der Waals surface area contributed by atoms with Crippen LogP contribution in [0.5, 0.6) is 0 Å². The van der Waals surface area contributed by atoms with Gasteiger partial charge in [0.15, 0.2) is 0 Å². The first-order valence-electron chi connectivity index (χ1n) is 5.91. The Morgan fingerprint density at radius 3 is 2.71 bits per heavy atom. The van der Waals surface area contributed by atoms with E-state index in [1.54, 1.807) is 6.07 Å². The topological polar surface area (TPSA) is 97.2 Å². The van der Waals surface area contributed by atoms with E-state index in [0.29, 0.717) is 0 Å². The van der Waals surface area contributed by atoms with Crippen molar-refractivity contribution in [1.82, 2.24) is 4.98 Å². The highest BCUT2D eigenvalue weighted by Crippen LogP contribution is 2.21. The lowest BCUT2D eigenvalue weighted by atomic mass is 10.2. The number of amides is 1. The number of nitro groups is 1. The third-order valence-electron chi connectivity index (χ3n) is 2.69. The smallest absolute Gasteiger partial charge is 0.288 e. The molecule has 0 saturated carbocycles. The maximum atomic E-state index is 13.5. The SMILES string of the molecule is CNc1ncc([N+](=O)[O-])cc1C(=O)Nc1ccccc1F. The number of aromatic nitrogens is 1. The van der Waals surface area contributed by atoms with Gasteiger partial charge in [0, 0.05) is 13.1 Å². The summed E-state index contributed by atoms with van der Waals surface area (Å²) < 4.78 is 13.5. The summed E-state index contributed by atoms with van der Waals surface area (Å²) in [4.78, 5) is 26.0. The summed E-state index contributed by atoms with van der Waals surface area (Å²) in [6, 6.07) is 6.70. The monoisotopic (exact) mass is 290 g/mol. The van der Waals surface area contributed by atoms with E-state index in [4.69, 9.17) is 0 Å². The van der Waals surface area contributed by atoms with Crippen LogP contribution in [0.1, 0.15) is 10.4 Å². The zero-order valence-corrected chi connectivity index (χ0v) is 11.0. The molecule has 0 atom stereocenters. The number of nitrogens with zero attached hydrogens (tertiary/aromatic N) is 2. The zero-order chi connectivity index (χ0) is 15.4. The van der Waals surface area contributed by atoms with Gasteiger partial charge in [0.25, 0.3) is 11.6 Å². The third kappa shape index (κ3) is 3.11. The lowest BCUT2D eigenvalue weighted by Crippen LogP contribution is -2.16. The molecule has 1 aromatic heterocycles. The summed E-state index contributed by atoms with van der Waals surface area (Å²) in [6.45, 7) is 0. The zero-order valence-electron chi connectivity index (χ0n) is 11.0. The van der Waals surface area contributed by atoms with Crippen LogP contribution < -0.4 is 10.6 Å². The van der Waals surface area contributed by atoms with Crippen molar-refractivity contribution in [3.8, 4) is 0 Å². The predicted molar refractivity (Wildman–Crippen MR) is 74.8 cm³/mol. The van der Waals surface area contributed by atoms with Crippen LogP contribution in [0.3, 0.4) is 0 Å². The summed E-state index contributed by atoms with van der Waals surface area (Å²) in [5.74, 6) is -1.13. The molecule has 8 heteroatoms. The molecule has 2 N–H and O–H groups in total. The predicted octanol–water partition coefficient (Wildman–Crippen LogP) is 2.42. The van der Waals surface area contributed by atoms with Gasteiger partial charge in [-0.05, 0) is 12.1 Å². The highest BCUT2D eigenvalue weighted by Gasteiger charge is 2.18. The quantitative estimate of drug-likeness (QED) is 0.665. The molecule has 0 bridgehead atoms. The van der Waals surface area contributed by atoms with E-state index >= 15 is 0 Å². The minimum atomic E-state index is -0.694. The number of para-hydroxylation sites is 1. The first kappa shape index (κ1) is 14.4. The normalized spacial score (nSPS) is 10.0. The summed E-state index contributed by atoms with van der Waals surface area (Å²) >= 11 is 0. The minimum absolute atomic E-state index is 0.0175. The largest absolute Gasteiger partial charge is 0.372 e. The number of rotatable bonds is 4. The van der Waals surface area contributed by atoms with Crippen LogP contribution in [-0.2, 0) is 0 Å². The Hall–Kier alpha value is -3.03. The Labute approximate surface area is 119 Å². The number of carbonyl (C=O) groups is 1. The molecule has 1 heterocycles. The molecule has 1 aromatic carbocycles. The van der Waals surface area contributed by atoms with Crippen LogP contribution in [0, 0.1) is 15.9 Å². The van der Waals surface area contributed by atoms with Crippen LogP contribution in [0.4, 0.5) is 21.6 Å². The molecule has 0 unspecified atom stereocenters. The van der Waals surface area contributed by atoms with Crippen LogP contribution in [0.25, 0.3) is 0 Å². The Morgan fingerprint density at radius 2 is 2.10 bits per heavy atom. The molecule has 0 radical (unpaired) electrons. The first-order chi connectivity index (χ1) is 10.0. The second-order valence-corrected chi connectivity index (χ2v) is 4.03. The Bertz CT molecular complexity index is 706. The Kier molecular flexibility index (Phi) is 4.07. The number of anilines is 2. The van der Waals surface area contributed by atoms with Crippen molar-refractivity contribution in [3.63, 3.8) is 0 Å². The van der Waals surface area contributed by atoms with E-state index in [2.05, 4.69) is 15.6 Å². The van der Waals surface area contributed by atoms with Crippen LogP contribution in [0.15, 0.2) is 36.5 Å². The molecule has 0 spiro atoms. The standard InChI is InChI=1S/C13H11FN4O3/c1-15-12-9(6-8(7-16-12)18(20)21)13(19)17-11-5-3-2-4-10(11)14/h2-7H,1H3,(H,15,16)(H,17,19). The van der Waals surface area contributed by atoms with Crippen molar-refractivity contribution < 1.29 is 14.1 Å². The second kappa shape index (κ2) is 5.95. The lowest BCUT2D eigenvalue weighted by Gasteiger charge is -2.09. The first-order valence-corrected chi connectivity index (χ1v) is 5.91. The summed E-state index contributed by atoms with van der Waals surface area (Å²) in [5, 5.41) is 15.7. The fraction of sp³-hybridized carbons (Fsp3) is 0.0769. The Morgan fingerprint density at radius 1 is 1.38 bits per heavy atom. The van der Waals surface area contributed by atoms with Gasteiger partial charge in [-0.15, -0.1) is 0 Å². The van der Waals surface area contributed by atoms with Gasteiger partial charge in [0.05, 0.1) is 16.2 Å². The van der Waals surface area contributed by atoms with Crippen molar-refractivity contribution in [2.24, 2.45) is 0 Å². The van der Waals surface area contributed by atoms with Crippen molar-refractivity contribution in [1.29, 1.82) is 0 Å². The van der Waals surface area contributed by atoms with E-state index in [1.165, 1.54) is 25.2 Å². The van der Waals surface area contributed by atoms with E-state index in [1.807, 2.05) is 0 Å². The van der Waals surface area contributed by atoms with Gasteiger partial charge >= 0.3 is 0 Å². The number of nitrogens with one attached hydrogen (secondary N) is 2. The van der Waals surface area contributed by atoms with E-state index in [9.17, 15) is 19.3 Å². The summed E-state index contributed by atoms with van der Waals surface area (Å²) in [6.07, 6.45) is 1.03. The molecule has 2 rings (SSSR count). The van der Waals surface area contributed by atoms with Gasteiger partial charge < -0.3 is 10.6 Å². The molecule has 1 amide bonds. The lowest BCUT2D eigenvalue weighted by molar-refractivity contribution is -0.385. The van der Waals surface area contributed by atoms with Crippen LogP contribution in [0.2, 0.25) is 0 Å². The highest BCUT2D eigenvalue weighted by molar-refractivity contribution is 6.07. The number of carbonyl (C=O) groups excluding carboxylic acids is 1. The fourth-order valence-corrected chi connectivity index (χ4v) is 1.68. The van der Waals surface area contributed by atoms with Crippen molar-refractivity contribution >= 4 is 23.1 Å². The van der Waals surface area contributed by atoms with Gasteiger partial charge in [-0.2, -0.15) is 0 Å².